The molecule has 0 aliphatic heterocycles. The zero-order valence-electron chi connectivity index (χ0n) is 10.6. The SMILES string of the molecule is CCC(CC)COc1cccc([C@@H](C)N)c1. The lowest BCUT2D eigenvalue weighted by atomic mass is 10.1. The molecule has 1 rings (SSSR count). The molecular formula is C14H23NO. The van der Waals surface area contributed by atoms with Crippen LogP contribution in [0, 0.1) is 5.92 Å². The Labute approximate surface area is 98.8 Å². The number of ether oxygens (including phenoxy) is 1. The Hall–Kier alpha value is -1.02. The molecule has 1 aromatic carbocycles. The Balaban J connectivity index is 2.56. The molecule has 16 heavy (non-hydrogen) atoms. The molecule has 2 nitrogen and oxygen atoms in total. The van der Waals surface area contributed by atoms with Crippen LogP contribution in [0.4, 0.5) is 0 Å². The Morgan fingerprint density at radius 2 is 1.94 bits per heavy atom. The molecule has 0 aliphatic carbocycles. The minimum absolute atomic E-state index is 0.0664. The van der Waals surface area contributed by atoms with E-state index in [1.807, 2.05) is 31.2 Å². The van der Waals surface area contributed by atoms with E-state index >= 15 is 0 Å². The molecule has 0 aromatic heterocycles. The molecule has 0 unspecified atom stereocenters. The fourth-order valence-electron chi connectivity index (χ4n) is 1.63. The van der Waals surface area contributed by atoms with Gasteiger partial charge >= 0.3 is 0 Å². The van der Waals surface area contributed by atoms with Crippen molar-refractivity contribution in [3.8, 4) is 5.75 Å². The molecule has 0 aliphatic rings. The molecule has 0 radical (unpaired) electrons. The van der Waals surface area contributed by atoms with Crippen molar-refractivity contribution in [1.29, 1.82) is 0 Å². The molecule has 1 aromatic rings. The van der Waals surface area contributed by atoms with Gasteiger partial charge < -0.3 is 10.5 Å². The lowest BCUT2D eigenvalue weighted by Gasteiger charge is -2.15. The number of hydrogen-bond donors (Lipinski definition) is 1. The third-order valence-corrected chi connectivity index (χ3v) is 3.02. The number of rotatable bonds is 6. The van der Waals surface area contributed by atoms with Crippen LogP contribution in [0.2, 0.25) is 0 Å². The maximum atomic E-state index is 5.84. The Morgan fingerprint density at radius 1 is 1.25 bits per heavy atom. The van der Waals surface area contributed by atoms with Crippen LogP contribution in [0.5, 0.6) is 5.75 Å². The smallest absolute Gasteiger partial charge is 0.119 e. The second kappa shape index (κ2) is 6.54. The average Bonchev–Trinajstić information content (AvgIpc) is 2.31. The minimum Gasteiger partial charge on any atom is -0.493 e. The summed E-state index contributed by atoms with van der Waals surface area (Å²) >= 11 is 0. The molecule has 1 atom stereocenters. The third kappa shape index (κ3) is 3.86. The van der Waals surface area contributed by atoms with Crippen molar-refractivity contribution >= 4 is 0 Å². The van der Waals surface area contributed by atoms with Gasteiger partial charge in [-0.3, -0.25) is 0 Å². The summed E-state index contributed by atoms with van der Waals surface area (Å²) in [4.78, 5) is 0. The Kier molecular flexibility index (Phi) is 5.33. The molecule has 0 fully saturated rings. The van der Waals surface area contributed by atoms with E-state index < -0.39 is 0 Å². The lowest BCUT2D eigenvalue weighted by Crippen LogP contribution is -2.10. The molecule has 0 saturated heterocycles. The van der Waals surface area contributed by atoms with Crippen LogP contribution >= 0.6 is 0 Å². The van der Waals surface area contributed by atoms with Gasteiger partial charge in [-0.25, -0.2) is 0 Å². The van der Waals surface area contributed by atoms with Gasteiger partial charge in [0, 0.05) is 6.04 Å². The highest BCUT2D eigenvalue weighted by molar-refractivity contribution is 5.30. The normalized spacial score (nSPS) is 12.8. The monoisotopic (exact) mass is 221 g/mol. The minimum atomic E-state index is 0.0664. The maximum absolute atomic E-state index is 5.84. The van der Waals surface area contributed by atoms with Gasteiger partial charge in [0.05, 0.1) is 6.61 Å². The summed E-state index contributed by atoms with van der Waals surface area (Å²) in [5, 5.41) is 0. The largest absolute Gasteiger partial charge is 0.493 e. The van der Waals surface area contributed by atoms with E-state index in [9.17, 15) is 0 Å². The van der Waals surface area contributed by atoms with Crippen molar-refractivity contribution in [2.75, 3.05) is 6.61 Å². The van der Waals surface area contributed by atoms with Gasteiger partial charge in [-0.1, -0.05) is 38.8 Å². The fourth-order valence-corrected chi connectivity index (χ4v) is 1.63. The van der Waals surface area contributed by atoms with Crippen molar-refractivity contribution in [2.24, 2.45) is 11.7 Å². The molecule has 0 bridgehead atoms. The quantitative estimate of drug-likeness (QED) is 0.797. The lowest BCUT2D eigenvalue weighted by molar-refractivity contribution is 0.240. The van der Waals surface area contributed by atoms with Gasteiger partial charge in [0.25, 0.3) is 0 Å². The maximum Gasteiger partial charge on any atom is 0.119 e. The summed E-state index contributed by atoms with van der Waals surface area (Å²) < 4.78 is 5.79. The van der Waals surface area contributed by atoms with Crippen LogP contribution in [-0.2, 0) is 0 Å². The first-order valence-electron chi connectivity index (χ1n) is 6.15. The summed E-state index contributed by atoms with van der Waals surface area (Å²) in [6.45, 7) is 7.20. The van der Waals surface area contributed by atoms with Crippen LogP contribution in [0.3, 0.4) is 0 Å². The standard InChI is InChI=1S/C14H23NO/c1-4-12(5-2)10-16-14-8-6-7-13(9-14)11(3)15/h6-9,11-12H,4-5,10,15H2,1-3H3/t11-/m1/s1. The average molecular weight is 221 g/mol. The molecule has 0 heterocycles. The van der Waals surface area contributed by atoms with Crippen LogP contribution in [0.25, 0.3) is 0 Å². The third-order valence-electron chi connectivity index (χ3n) is 3.02. The first-order valence-corrected chi connectivity index (χ1v) is 6.15. The second-order valence-corrected chi connectivity index (χ2v) is 4.35. The van der Waals surface area contributed by atoms with Gasteiger partial charge in [0.15, 0.2) is 0 Å². The van der Waals surface area contributed by atoms with Gasteiger partial charge in [-0.15, -0.1) is 0 Å². The van der Waals surface area contributed by atoms with Crippen molar-refractivity contribution < 1.29 is 4.74 Å². The predicted octanol–water partition coefficient (Wildman–Crippen LogP) is 3.52. The Bertz CT molecular complexity index is 305. The van der Waals surface area contributed by atoms with Gasteiger partial charge in [0.1, 0.15) is 5.75 Å². The molecule has 0 saturated carbocycles. The molecule has 2 heteroatoms. The Morgan fingerprint density at radius 3 is 2.50 bits per heavy atom. The summed E-state index contributed by atoms with van der Waals surface area (Å²) in [5.41, 5.74) is 6.96. The predicted molar refractivity (Wildman–Crippen MR) is 68.6 cm³/mol. The molecule has 90 valence electrons. The summed E-state index contributed by atoms with van der Waals surface area (Å²) in [7, 11) is 0. The zero-order chi connectivity index (χ0) is 12.0. The van der Waals surface area contributed by atoms with E-state index in [0.717, 1.165) is 17.9 Å². The van der Waals surface area contributed by atoms with Crippen molar-refractivity contribution in [1.82, 2.24) is 0 Å². The first-order chi connectivity index (χ1) is 7.67. The van der Waals surface area contributed by atoms with Crippen LogP contribution in [0.1, 0.15) is 45.2 Å². The van der Waals surface area contributed by atoms with E-state index in [1.54, 1.807) is 0 Å². The second-order valence-electron chi connectivity index (χ2n) is 4.35. The van der Waals surface area contributed by atoms with Crippen LogP contribution in [0.15, 0.2) is 24.3 Å². The van der Waals surface area contributed by atoms with E-state index in [-0.39, 0.29) is 6.04 Å². The molecule has 0 amide bonds. The number of benzene rings is 1. The number of hydrogen-bond acceptors (Lipinski definition) is 2. The number of nitrogens with two attached hydrogens (primary N) is 1. The van der Waals surface area contributed by atoms with Crippen molar-refractivity contribution in [2.45, 2.75) is 39.7 Å². The summed E-state index contributed by atoms with van der Waals surface area (Å²) in [5.74, 6) is 1.58. The van der Waals surface area contributed by atoms with Crippen molar-refractivity contribution in [3.63, 3.8) is 0 Å². The van der Waals surface area contributed by atoms with Gasteiger partial charge in [-0.2, -0.15) is 0 Å². The highest BCUT2D eigenvalue weighted by Gasteiger charge is 2.05. The van der Waals surface area contributed by atoms with Gasteiger partial charge in [0.2, 0.25) is 0 Å². The van der Waals surface area contributed by atoms with Crippen molar-refractivity contribution in [3.05, 3.63) is 29.8 Å². The highest BCUT2D eigenvalue weighted by Crippen LogP contribution is 2.19. The molecular weight excluding hydrogens is 198 g/mol. The first kappa shape index (κ1) is 13.0. The molecule has 2 N–H and O–H groups in total. The van der Waals surface area contributed by atoms with E-state index in [2.05, 4.69) is 13.8 Å². The van der Waals surface area contributed by atoms with E-state index in [0.29, 0.717) is 5.92 Å². The van der Waals surface area contributed by atoms with Crippen LogP contribution < -0.4 is 10.5 Å². The fraction of sp³-hybridized carbons (Fsp3) is 0.571. The topological polar surface area (TPSA) is 35.2 Å². The molecule has 0 spiro atoms. The van der Waals surface area contributed by atoms with E-state index in [1.165, 1.54) is 12.8 Å². The summed E-state index contributed by atoms with van der Waals surface area (Å²) in [6.07, 6.45) is 2.34. The van der Waals surface area contributed by atoms with Gasteiger partial charge in [-0.05, 0) is 30.5 Å². The summed E-state index contributed by atoms with van der Waals surface area (Å²) in [6, 6.07) is 8.13. The highest BCUT2D eigenvalue weighted by atomic mass is 16.5. The van der Waals surface area contributed by atoms with E-state index in [4.69, 9.17) is 10.5 Å². The van der Waals surface area contributed by atoms with Crippen LogP contribution in [-0.4, -0.2) is 6.61 Å². The zero-order valence-corrected chi connectivity index (χ0v) is 10.6.